The third kappa shape index (κ3) is 4.99. The molecule has 0 aromatic carbocycles. The van der Waals surface area contributed by atoms with Crippen LogP contribution in [0.5, 0.6) is 0 Å². The number of carboxylic acid groups (broad SMARTS) is 1. The SMILES string of the molecule is O=C(O)/C=C/C(=O)OC(F)(F)C(F)(F)C(F)(F)C(F)(F)C(F)(F)C(F)(F)C(F)(F)C(F)(F)C(F)(F)C(F)(F)F. The standard InChI is InChI=1S/C14H3F21O4/c15-5(16,7(19,20)9(23,24)11(27,28)13(31,32)33)6(17,18)8(21,22)10(25,26)12(29,30)14(34,35)39-4(38)2-1-3(36)37/h1-2H,(H,36,37)/b2-1+. The van der Waals surface area contributed by atoms with Crippen LogP contribution in [-0.4, -0.2) is 76.7 Å². The Hall–Kier alpha value is -2.79. The molecule has 39 heavy (non-hydrogen) atoms. The molecule has 0 rings (SSSR count). The van der Waals surface area contributed by atoms with Crippen LogP contribution in [0.15, 0.2) is 12.2 Å². The van der Waals surface area contributed by atoms with E-state index in [1.165, 1.54) is 0 Å². The van der Waals surface area contributed by atoms with Crippen LogP contribution in [0.2, 0.25) is 0 Å². The lowest BCUT2D eigenvalue weighted by Crippen LogP contribution is -2.77. The second-order valence-corrected chi connectivity index (χ2v) is 6.70. The van der Waals surface area contributed by atoms with Gasteiger partial charge in [-0.05, 0) is 0 Å². The molecule has 0 aliphatic carbocycles. The fraction of sp³-hybridized carbons (Fsp3) is 0.714. The van der Waals surface area contributed by atoms with E-state index in [9.17, 15) is 102 Å². The van der Waals surface area contributed by atoms with Crippen molar-refractivity contribution in [2.45, 2.75) is 59.7 Å². The Bertz CT molecular complexity index is 976. The van der Waals surface area contributed by atoms with E-state index >= 15 is 0 Å². The Morgan fingerprint density at radius 2 is 0.692 bits per heavy atom. The summed E-state index contributed by atoms with van der Waals surface area (Å²) in [6, 6.07) is 0. The molecule has 0 heterocycles. The van der Waals surface area contributed by atoms with Gasteiger partial charge in [0.2, 0.25) is 0 Å². The monoisotopic (exact) mass is 634 g/mol. The number of rotatable bonds is 11. The average molecular weight is 634 g/mol. The second kappa shape index (κ2) is 9.40. The summed E-state index contributed by atoms with van der Waals surface area (Å²) in [7, 11) is 0. The summed E-state index contributed by atoms with van der Waals surface area (Å²) >= 11 is 0. The van der Waals surface area contributed by atoms with Gasteiger partial charge in [0.15, 0.2) is 0 Å². The van der Waals surface area contributed by atoms with Crippen LogP contribution >= 0.6 is 0 Å². The van der Waals surface area contributed by atoms with Gasteiger partial charge in [0.25, 0.3) is 0 Å². The van der Waals surface area contributed by atoms with Crippen molar-refractivity contribution in [2.24, 2.45) is 0 Å². The molecule has 0 bridgehead atoms. The largest absolute Gasteiger partial charge is 0.478 e. The number of ether oxygens (including phenoxy) is 1. The molecule has 0 fully saturated rings. The van der Waals surface area contributed by atoms with E-state index < -0.39 is 83.8 Å². The molecule has 0 saturated carbocycles. The minimum Gasteiger partial charge on any atom is -0.478 e. The number of carbonyl (C=O) groups is 2. The minimum absolute atomic E-state index is 0.600. The highest BCUT2D eigenvalue weighted by Crippen LogP contribution is 2.66. The van der Waals surface area contributed by atoms with Crippen molar-refractivity contribution in [1.29, 1.82) is 0 Å². The topological polar surface area (TPSA) is 63.6 Å². The fourth-order valence-corrected chi connectivity index (χ4v) is 1.91. The number of hydrogen-bond acceptors (Lipinski definition) is 3. The van der Waals surface area contributed by atoms with Crippen molar-refractivity contribution in [3.05, 3.63) is 12.2 Å². The van der Waals surface area contributed by atoms with Crippen LogP contribution in [-0.2, 0) is 14.3 Å². The van der Waals surface area contributed by atoms with Gasteiger partial charge in [-0.2, -0.15) is 92.2 Å². The van der Waals surface area contributed by atoms with Gasteiger partial charge in [-0.1, -0.05) is 0 Å². The molecule has 4 nitrogen and oxygen atoms in total. The molecular formula is C14H3F21O4. The molecule has 0 radical (unpaired) electrons. The first kappa shape index (κ1) is 36.2. The summed E-state index contributed by atoms with van der Waals surface area (Å²) in [6.07, 6.45) is -17.2. The quantitative estimate of drug-likeness (QED) is 0.162. The van der Waals surface area contributed by atoms with Gasteiger partial charge in [-0.15, -0.1) is 0 Å². The van der Waals surface area contributed by atoms with Gasteiger partial charge in [-0.3, -0.25) is 0 Å². The van der Waals surface area contributed by atoms with E-state index in [4.69, 9.17) is 5.11 Å². The number of esters is 1. The summed E-state index contributed by atoms with van der Waals surface area (Å²) in [6.45, 7) is 0. The number of aliphatic carboxylic acids is 1. The van der Waals surface area contributed by atoms with E-state index in [0.717, 1.165) is 0 Å². The Kier molecular flexibility index (Phi) is 8.73. The van der Waals surface area contributed by atoms with Crippen molar-refractivity contribution in [3.8, 4) is 0 Å². The van der Waals surface area contributed by atoms with Crippen molar-refractivity contribution in [1.82, 2.24) is 0 Å². The Morgan fingerprint density at radius 3 is 0.949 bits per heavy atom. The van der Waals surface area contributed by atoms with E-state index in [-0.39, 0.29) is 0 Å². The molecule has 0 unspecified atom stereocenters. The molecular weight excluding hydrogens is 631 g/mol. The lowest BCUT2D eigenvalue weighted by molar-refractivity contribution is -0.482. The highest BCUT2D eigenvalue weighted by atomic mass is 19.4. The fourth-order valence-electron chi connectivity index (χ4n) is 1.91. The molecule has 1 N–H and O–H groups in total. The molecule has 0 spiro atoms. The van der Waals surface area contributed by atoms with E-state index in [1.807, 2.05) is 0 Å². The number of carboxylic acids is 1. The highest BCUT2D eigenvalue weighted by molar-refractivity contribution is 5.90. The summed E-state index contributed by atoms with van der Waals surface area (Å²) in [5.74, 6) is -77.5. The zero-order valence-corrected chi connectivity index (χ0v) is 16.8. The number of alkyl halides is 21. The van der Waals surface area contributed by atoms with Crippen LogP contribution < -0.4 is 0 Å². The maximum absolute atomic E-state index is 13.5. The average Bonchev–Trinajstić information content (AvgIpc) is 2.69. The van der Waals surface area contributed by atoms with E-state index in [2.05, 4.69) is 4.74 Å². The molecule has 0 aliphatic heterocycles. The van der Waals surface area contributed by atoms with Gasteiger partial charge in [-0.25, -0.2) is 9.59 Å². The Balaban J connectivity index is 6.96. The molecule has 0 aromatic rings. The van der Waals surface area contributed by atoms with Crippen LogP contribution in [0.25, 0.3) is 0 Å². The van der Waals surface area contributed by atoms with Crippen LogP contribution in [0.1, 0.15) is 0 Å². The predicted molar refractivity (Wildman–Crippen MR) is 73.4 cm³/mol. The van der Waals surface area contributed by atoms with E-state index in [1.54, 1.807) is 0 Å². The molecule has 0 aromatic heterocycles. The Labute approximate surface area is 197 Å². The molecule has 25 heteroatoms. The Morgan fingerprint density at radius 1 is 0.436 bits per heavy atom. The summed E-state index contributed by atoms with van der Waals surface area (Å²) in [5, 5.41) is 8.01. The molecule has 0 atom stereocenters. The highest BCUT2D eigenvalue weighted by Gasteiger charge is 2.98. The third-order valence-corrected chi connectivity index (χ3v) is 4.07. The lowest BCUT2D eigenvalue weighted by atomic mass is 9.87. The zero-order valence-electron chi connectivity index (χ0n) is 16.8. The molecule has 230 valence electrons. The number of halogens is 21. The second-order valence-electron chi connectivity index (χ2n) is 6.70. The first-order valence-electron chi connectivity index (χ1n) is 8.17. The van der Waals surface area contributed by atoms with Crippen LogP contribution in [0.3, 0.4) is 0 Å². The van der Waals surface area contributed by atoms with Gasteiger partial charge >= 0.3 is 71.6 Å². The van der Waals surface area contributed by atoms with Crippen LogP contribution in [0, 0.1) is 0 Å². The van der Waals surface area contributed by atoms with E-state index in [0.29, 0.717) is 0 Å². The van der Waals surface area contributed by atoms with Gasteiger partial charge < -0.3 is 9.84 Å². The minimum atomic E-state index is -9.33. The van der Waals surface area contributed by atoms with Gasteiger partial charge in [0, 0.05) is 12.2 Å². The predicted octanol–water partition coefficient (Wildman–Crippen LogP) is 6.41. The summed E-state index contributed by atoms with van der Waals surface area (Å²) < 4.78 is 277. The first-order valence-corrected chi connectivity index (χ1v) is 8.17. The van der Waals surface area contributed by atoms with Gasteiger partial charge in [0.1, 0.15) is 0 Å². The van der Waals surface area contributed by atoms with Crippen molar-refractivity contribution < 1.29 is 112 Å². The molecule has 0 aliphatic rings. The number of hydrogen-bond donors (Lipinski definition) is 1. The third-order valence-electron chi connectivity index (χ3n) is 4.07. The lowest BCUT2D eigenvalue weighted by Gasteiger charge is -2.44. The van der Waals surface area contributed by atoms with Crippen molar-refractivity contribution in [2.75, 3.05) is 0 Å². The van der Waals surface area contributed by atoms with Crippen LogP contribution in [0.4, 0.5) is 92.2 Å². The number of carbonyl (C=O) groups excluding carboxylic acids is 1. The van der Waals surface area contributed by atoms with Crippen molar-refractivity contribution in [3.63, 3.8) is 0 Å². The zero-order chi connectivity index (χ0) is 32.3. The summed E-state index contributed by atoms with van der Waals surface area (Å²) in [4.78, 5) is 20.7. The maximum atomic E-state index is 13.5. The maximum Gasteiger partial charge on any atom is 0.473 e. The first-order chi connectivity index (χ1) is 16.6. The normalized spacial score (nSPS) is 16.0. The van der Waals surface area contributed by atoms with Crippen molar-refractivity contribution >= 4 is 11.9 Å². The smallest absolute Gasteiger partial charge is 0.473 e. The summed E-state index contributed by atoms with van der Waals surface area (Å²) in [5.41, 5.74) is 0. The molecule has 0 amide bonds. The van der Waals surface area contributed by atoms with Gasteiger partial charge in [0.05, 0.1) is 0 Å². The molecule has 0 saturated heterocycles.